The minimum Gasteiger partial charge on any atom is -0.497 e. The first-order valence-corrected chi connectivity index (χ1v) is 9.70. The van der Waals surface area contributed by atoms with Crippen LogP contribution in [0.3, 0.4) is 0 Å². The van der Waals surface area contributed by atoms with Crippen LogP contribution >= 0.6 is 0 Å². The topological polar surface area (TPSA) is 45.9 Å². The van der Waals surface area contributed by atoms with Crippen LogP contribution < -0.4 is 15.3 Å². The molecule has 1 aliphatic rings. The van der Waals surface area contributed by atoms with Crippen LogP contribution in [0.1, 0.15) is 18.1 Å². The maximum atomic E-state index is 12.0. The molecule has 3 aromatic rings. The van der Waals surface area contributed by atoms with Gasteiger partial charge in [-0.3, -0.25) is 4.90 Å². The van der Waals surface area contributed by atoms with Crippen molar-refractivity contribution in [2.45, 2.75) is 26.4 Å². The Balaban J connectivity index is 1.54. The Labute approximate surface area is 165 Å². The van der Waals surface area contributed by atoms with Gasteiger partial charge in [0.1, 0.15) is 11.3 Å². The van der Waals surface area contributed by atoms with Gasteiger partial charge in [0.15, 0.2) is 0 Å². The second-order valence-electron chi connectivity index (χ2n) is 7.57. The molecule has 1 fully saturated rings. The van der Waals surface area contributed by atoms with E-state index in [2.05, 4.69) is 47.9 Å². The van der Waals surface area contributed by atoms with E-state index in [1.807, 2.05) is 12.1 Å². The molecular weight excluding hydrogens is 352 g/mol. The van der Waals surface area contributed by atoms with E-state index >= 15 is 0 Å². The molecule has 4 rings (SSSR count). The summed E-state index contributed by atoms with van der Waals surface area (Å²) in [6.07, 6.45) is 0. The third-order valence-electron chi connectivity index (χ3n) is 5.48. The number of rotatable bonds is 4. The molecule has 0 bridgehead atoms. The molecule has 0 saturated carbocycles. The van der Waals surface area contributed by atoms with Crippen LogP contribution in [0.15, 0.2) is 57.7 Å². The third kappa shape index (κ3) is 3.76. The smallest absolute Gasteiger partial charge is 0.336 e. The second-order valence-corrected chi connectivity index (χ2v) is 7.57. The van der Waals surface area contributed by atoms with Crippen LogP contribution in [0.2, 0.25) is 0 Å². The molecule has 0 radical (unpaired) electrons. The van der Waals surface area contributed by atoms with Crippen molar-refractivity contribution >= 4 is 16.7 Å². The van der Waals surface area contributed by atoms with Crippen molar-refractivity contribution in [3.63, 3.8) is 0 Å². The minimum absolute atomic E-state index is 0.317. The van der Waals surface area contributed by atoms with Gasteiger partial charge < -0.3 is 14.1 Å². The molecule has 146 valence electrons. The number of hydrogen-bond donors (Lipinski definition) is 0. The molecule has 1 aliphatic heterocycles. The largest absolute Gasteiger partial charge is 0.497 e. The number of piperazine rings is 1. The number of nitrogens with zero attached hydrogens (tertiary/aromatic N) is 2. The Hall–Kier alpha value is -2.79. The SMILES string of the molecule is COc1ccc2c(CN3CCN(c4cccc(C)c4)C(C)C3)cc(=O)oc2c1. The number of hydrogen-bond acceptors (Lipinski definition) is 5. The van der Waals surface area contributed by atoms with Crippen molar-refractivity contribution in [1.29, 1.82) is 0 Å². The van der Waals surface area contributed by atoms with Crippen molar-refractivity contribution in [3.8, 4) is 5.75 Å². The average molecular weight is 378 g/mol. The van der Waals surface area contributed by atoms with Crippen LogP contribution in [0, 0.1) is 6.92 Å². The van der Waals surface area contributed by atoms with Gasteiger partial charge in [0.2, 0.25) is 0 Å². The monoisotopic (exact) mass is 378 g/mol. The minimum atomic E-state index is -0.317. The summed E-state index contributed by atoms with van der Waals surface area (Å²) in [5.41, 5.74) is 3.83. The predicted molar refractivity (Wildman–Crippen MR) is 112 cm³/mol. The number of methoxy groups -OCH3 is 1. The fourth-order valence-electron chi connectivity index (χ4n) is 4.08. The van der Waals surface area contributed by atoms with E-state index in [-0.39, 0.29) is 5.63 Å². The van der Waals surface area contributed by atoms with Crippen molar-refractivity contribution < 1.29 is 9.15 Å². The Morgan fingerprint density at radius 3 is 2.75 bits per heavy atom. The van der Waals surface area contributed by atoms with Crippen molar-refractivity contribution in [3.05, 3.63) is 70.1 Å². The van der Waals surface area contributed by atoms with Crippen LogP contribution in [-0.4, -0.2) is 37.7 Å². The summed E-state index contributed by atoms with van der Waals surface area (Å²) in [6, 6.07) is 16.4. The first kappa shape index (κ1) is 18.6. The highest BCUT2D eigenvalue weighted by Gasteiger charge is 2.24. The molecule has 0 aliphatic carbocycles. The lowest BCUT2D eigenvalue weighted by Crippen LogP contribution is -2.51. The standard InChI is InChI=1S/C23H26N2O3/c1-16-5-4-6-19(11-16)25-10-9-24(14-17(25)2)15-18-12-23(26)28-22-13-20(27-3)7-8-21(18)22/h4-8,11-13,17H,9-10,14-15H2,1-3H3. The summed E-state index contributed by atoms with van der Waals surface area (Å²) in [4.78, 5) is 16.9. The van der Waals surface area contributed by atoms with Gasteiger partial charge in [0.05, 0.1) is 7.11 Å². The van der Waals surface area contributed by atoms with Gasteiger partial charge in [0.25, 0.3) is 0 Å². The number of ether oxygens (including phenoxy) is 1. The highest BCUT2D eigenvalue weighted by atomic mass is 16.5. The van der Waals surface area contributed by atoms with Gasteiger partial charge in [0, 0.05) is 55.4 Å². The first-order valence-electron chi connectivity index (χ1n) is 9.70. The van der Waals surface area contributed by atoms with Crippen molar-refractivity contribution in [1.82, 2.24) is 4.90 Å². The predicted octanol–water partition coefficient (Wildman–Crippen LogP) is 3.82. The fourth-order valence-corrected chi connectivity index (χ4v) is 4.08. The fraction of sp³-hybridized carbons (Fsp3) is 0.348. The Bertz CT molecular complexity index is 1040. The Morgan fingerprint density at radius 1 is 1.14 bits per heavy atom. The van der Waals surface area contributed by atoms with E-state index < -0.39 is 0 Å². The number of fused-ring (bicyclic) bond motifs is 1. The Morgan fingerprint density at radius 2 is 2.00 bits per heavy atom. The zero-order valence-corrected chi connectivity index (χ0v) is 16.6. The lowest BCUT2D eigenvalue weighted by atomic mass is 10.1. The number of anilines is 1. The molecule has 1 unspecified atom stereocenters. The van der Waals surface area contributed by atoms with Crippen molar-refractivity contribution in [2.75, 3.05) is 31.6 Å². The molecule has 1 atom stereocenters. The Kier molecular flexibility index (Phi) is 5.09. The molecule has 5 nitrogen and oxygen atoms in total. The number of benzene rings is 2. The molecule has 28 heavy (non-hydrogen) atoms. The third-order valence-corrected chi connectivity index (χ3v) is 5.48. The summed E-state index contributed by atoms with van der Waals surface area (Å²) < 4.78 is 10.6. The van der Waals surface area contributed by atoms with Gasteiger partial charge in [-0.2, -0.15) is 0 Å². The molecule has 0 amide bonds. The van der Waals surface area contributed by atoms with Gasteiger partial charge in [-0.1, -0.05) is 12.1 Å². The van der Waals surface area contributed by atoms with E-state index in [1.54, 1.807) is 19.2 Å². The number of aryl methyl sites for hydroxylation is 1. The maximum absolute atomic E-state index is 12.0. The molecule has 2 heterocycles. The highest BCUT2D eigenvalue weighted by molar-refractivity contribution is 5.81. The van der Waals surface area contributed by atoms with E-state index in [1.165, 1.54) is 11.3 Å². The summed E-state index contributed by atoms with van der Waals surface area (Å²) in [5, 5.41) is 0.967. The lowest BCUT2D eigenvalue weighted by Gasteiger charge is -2.41. The highest BCUT2D eigenvalue weighted by Crippen LogP contribution is 2.26. The quantitative estimate of drug-likeness (QED) is 0.646. The van der Waals surface area contributed by atoms with Gasteiger partial charge in [-0.15, -0.1) is 0 Å². The van der Waals surface area contributed by atoms with E-state index in [4.69, 9.17) is 9.15 Å². The lowest BCUT2D eigenvalue weighted by molar-refractivity contribution is 0.221. The second kappa shape index (κ2) is 7.68. The summed E-state index contributed by atoms with van der Waals surface area (Å²) >= 11 is 0. The van der Waals surface area contributed by atoms with E-state index in [0.717, 1.165) is 37.1 Å². The molecule has 0 N–H and O–H groups in total. The van der Waals surface area contributed by atoms with Gasteiger partial charge in [-0.25, -0.2) is 4.79 Å². The molecule has 1 aromatic heterocycles. The zero-order chi connectivity index (χ0) is 19.7. The maximum Gasteiger partial charge on any atom is 0.336 e. The van der Waals surface area contributed by atoms with Crippen molar-refractivity contribution in [2.24, 2.45) is 0 Å². The van der Waals surface area contributed by atoms with E-state index in [9.17, 15) is 4.79 Å². The molecule has 1 saturated heterocycles. The van der Waals surface area contributed by atoms with Crippen LogP contribution in [-0.2, 0) is 6.54 Å². The molecule has 0 spiro atoms. The normalized spacial score (nSPS) is 17.8. The summed E-state index contributed by atoms with van der Waals surface area (Å²) in [6.45, 7) is 8.00. The summed E-state index contributed by atoms with van der Waals surface area (Å²) in [7, 11) is 1.61. The van der Waals surface area contributed by atoms with Gasteiger partial charge >= 0.3 is 5.63 Å². The van der Waals surface area contributed by atoms with Crippen LogP contribution in [0.25, 0.3) is 11.0 Å². The molecular formula is C23H26N2O3. The zero-order valence-electron chi connectivity index (χ0n) is 16.6. The molecule has 5 heteroatoms. The van der Waals surface area contributed by atoms with E-state index in [0.29, 0.717) is 17.4 Å². The average Bonchev–Trinajstić information content (AvgIpc) is 2.67. The van der Waals surface area contributed by atoms with Gasteiger partial charge in [-0.05, 0) is 49.2 Å². The van der Waals surface area contributed by atoms with Crippen LogP contribution in [0.4, 0.5) is 5.69 Å². The van der Waals surface area contributed by atoms with Crippen LogP contribution in [0.5, 0.6) is 5.75 Å². The summed E-state index contributed by atoms with van der Waals surface area (Å²) in [5.74, 6) is 0.688. The molecule has 2 aromatic carbocycles. The first-order chi connectivity index (χ1) is 13.5.